The van der Waals surface area contributed by atoms with Crippen molar-refractivity contribution in [1.29, 1.82) is 0 Å². The van der Waals surface area contributed by atoms with Gasteiger partial charge in [-0.3, -0.25) is 4.98 Å². The average molecular weight is 231 g/mol. The van der Waals surface area contributed by atoms with Gasteiger partial charge in [-0.15, -0.1) is 0 Å². The highest BCUT2D eigenvalue weighted by Gasteiger charge is 2.03. The Hall–Kier alpha value is -1.32. The average Bonchev–Trinajstić information content (AvgIpc) is 2.33. The Kier molecular flexibility index (Phi) is 3.59. The van der Waals surface area contributed by atoms with E-state index in [1.807, 2.05) is 31.2 Å². The summed E-state index contributed by atoms with van der Waals surface area (Å²) in [6, 6.07) is 10.1. The summed E-state index contributed by atoms with van der Waals surface area (Å²) in [4.78, 5) is 6.21. The SMILES string of the molecule is Cc1ccc(Sc2ccncc2)c(CO)c1. The van der Waals surface area contributed by atoms with Crippen LogP contribution in [0.4, 0.5) is 0 Å². The standard InChI is InChI=1S/C13H13NOS/c1-10-2-3-13(11(8-10)9-15)16-12-4-6-14-7-5-12/h2-8,15H,9H2,1H3. The molecule has 16 heavy (non-hydrogen) atoms. The van der Waals surface area contributed by atoms with Gasteiger partial charge in [0.15, 0.2) is 0 Å². The van der Waals surface area contributed by atoms with E-state index in [1.165, 1.54) is 5.56 Å². The molecule has 1 aromatic carbocycles. The van der Waals surface area contributed by atoms with Crippen LogP contribution in [0.2, 0.25) is 0 Å². The largest absolute Gasteiger partial charge is 0.392 e. The molecule has 0 radical (unpaired) electrons. The highest BCUT2D eigenvalue weighted by molar-refractivity contribution is 7.99. The molecule has 0 spiro atoms. The fraction of sp³-hybridized carbons (Fsp3) is 0.154. The van der Waals surface area contributed by atoms with E-state index in [0.717, 1.165) is 15.4 Å². The minimum absolute atomic E-state index is 0.0785. The number of aliphatic hydroxyl groups is 1. The first-order chi connectivity index (χ1) is 7.79. The Morgan fingerprint density at radius 1 is 1.19 bits per heavy atom. The van der Waals surface area contributed by atoms with Crippen molar-refractivity contribution in [3.05, 3.63) is 53.9 Å². The van der Waals surface area contributed by atoms with Crippen LogP contribution in [0.25, 0.3) is 0 Å². The molecule has 2 rings (SSSR count). The number of aromatic nitrogens is 1. The summed E-state index contributed by atoms with van der Waals surface area (Å²) in [5.41, 5.74) is 2.14. The quantitative estimate of drug-likeness (QED) is 0.881. The second-order valence-electron chi connectivity index (χ2n) is 3.55. The van der Waals surface area contributed by atoms with Gasteiger partial charge in [0.05, 0.1) is 6.61 Å². The maximum absolute atomic E-state index is 9.30. The molecule has 0 atom stereocenters. The topological polar surface area (TPSA) is 33.1 Å². The zero-order chi connectivity index (χ0) is 11.4. The Morgan fingerprint density at radius 2 is 1.94 bits per heavy atom. The molecular weight excluding hydrogens is 218 g/mol. The number of pyridine rings is 1. The number of rotatable bonds is 3. The smallest absolute Gasteiger partial charge is 0.0692 e. The highest BCUT2D eigenvalue weighted by Crippen LogP contribution is 2.30. The summed E-state index contributed by atoms with van der Waals surface area (Å²) < 4.78 is 0. The number of aliphatic hydroxyl groups excluding tert-OH is 1. The fourth-order valence-corrected chi connectivity index (χ4v) is 2.37. The molecule has 2 nitrogen and oxygen atoms in total. The lowest BCUT2D eigenvalue weighted by molar-refractivity contribution is 0.279. The van der Waals surface area contributed by atoms with Crippen LogP contribution in [0, 0.1) is 6.92 Å². The van der Waals surface area contributed by atoms with Gasteiger partial charge in [0.2, 0.25) is 0 Å². The molecule has 0 fully saturated rings. The summed E-state index contributed by atoms with van der Waals surface area (Å²) in [7, 11) is 0. The normalized spacial score (nSPS) is 10.4. The minimum Gasteiger partial charge on any atom is -0.392 e. The van der Waals surface area contributed by atoms with Gasteiger partial charge in [-0.2, -0.15) is 0 Å². The molecule has 0 bridgehead atoms. The van der Waals surface area contributed by atoms with E-state index in [9.17, 15) is 5.11 Å². The lowest BCUT2D eigenvalue weighted by Gasteiger charge is -2.07. The van der Waals surface area contributed by atoms with Crippen LogP contribution in [-0.2, 0) is 6.61 Å². The maximum atomic E-state index is 9.30. The van der Waals surface area contributed by atoms with E-state index in [1.54, 1.807) is 24.2 Å². The van der Waals surface area contributed by atoms with Crippen molar-refractivity contribution in [2.24, 2.45) is 0 Å². The van der Waals surface area contributed by atoms with E-state index < -0.39 is 0 Å². The zero-order valence-corrected chi connectivity index (χ0v) is 9.87. The number of nitrogens with zero attached hydrogens (tertiary/aromatic N) is 1. The Morgan fingerprint density at radius 3 is 2.62 bits per heavy atom. The van der Waals surface area contributed by atoms with Crippen molar-refractivity contribution in [1.82, 2.24) is 4.98 Å². The van der Waals surface area contributed by atoms with E-state index in [4.69, 9.17) is 0 Å². The summed E-state index contributed by atoms with van der Waals surface area (Å²) in [5, 5.41) is 9.30. The lowest BCUT2D eigenvalue weighted by Crippen LogP contribution is -1.88. The van der Waals surface area contributed by atoms with Crippen molar-refractivity contribution in [2.45, 2.75) is 23.3 Å². The predicted octanol–water partition coefficient (Wildman–Crippen LogP) is 3.03. The van der Waals surface area contributed by atoms with Gasteiger partial charge in [0.1, 0.15) is 0 Å². The molecule has 1 aromatic heterocycles. The van der Waals surface area contributed by atoms with Gasteiger partial charge in [-0.1, -0.05) is 29.5 Å². The number of hydrogen-bond acceptors (Lipinski definition) is 3. The molecule has 0 saturated carbocycles. The van der Waals surface area contributed by atoms with Crippen LogP contribution < -0.4 is 0 Å². The Balaban J connectivity index is 2.28. The molecule has 0 amide bonds. The van der Waals surface area contributed by atoms with Crippen molar-refractivity contribution >= 4 is 11.8 Å². The number of benzene rings is 1. The van der Waals surface area contributed by atoms with Gasteiger partial charge >= 0.3 is 0 Å². The molecule has 1 N–H and O–H groups in total. The predicted molar refractivity (Wildman–Crippen MR) is 65.5 cm³/mol. The summed E-state index contributed by atoms with van der Waals surface area (Å²) >= 11 is 1.65. The second-order valence-corrected chi connectivity index (χ2v) is 4.67. The van der Waals surface area contributed by atoms with E-state index in [2.05, 4.69) is 11.1 Å². The molecule has 3 heteroatoms. The van der Waals surface area contributed by atoms with Gasteiger partial charge in [0, 0.05) is 22.2 Å². The molecule has 0 unspecified atom stereocenters. The van der Waals surface area contributed by atoms with Crippen molar-refractivity contribution < 1.29 is 5.11 Å². The number of hydrogen-bond donors (Lipinski definition) is 1. The van der Waals surface area contributed by atoms with Gasteiger partial charge in [-0.25, -0.2) is 0 Å². The number of aryl methyl sites for hydroxylation is 1. The molecule has 82 valence electrons. The van der Waals surface area contributed by atoms with Gasteiger partial charge < -0.3 is 5.11 Å². The monoisotopic (exact) mass is 231 g/mol. The van der Waals surface area contributed by atoms with Crippen LogP contribution in [0.5, 0.6) is 0 Å². The molecule has 0 saturated heterocycles. The molecule has 1 heterocycles. The maximum Gasteiger partial charge on any atom is 0.0692 e. The van der Waals surface area contributed by atoms with Crippen LogP contribution in [-0.4, -0.2) is 10.1 Å². The second kappa shape index (κ2) is 5.14. The first kappa shape index (κ1) is 11.2. The Bertz CT molecular complexity index is 471. The van der Waals surface area contributed by atoms with Crippen LogP contribution >= 0.6 is 11.8 Å². The minimum atomic E-state index is 0.0785. The first-order valence-corrected chi connectivity index (χ1v) is 5.89. The molecular formula is C13H13NOS. The highest BCUT2D eigenvalue weighted by atomic mass is 32.2. The van der Waals surface area contributed by atoms with Crippen molar-refractivity contribution in [2.75, 3.05) is 0 Å². The van der Waals surface area contributed by atoms with Crippen LogP contribution in [0.15, 0.2) is 52.5 Å². The first-order valence-electron chi connectivity index (χ1n) is 5.08. The lowest BCUT2D eigenvalue weighted by atomic mass is 10.1. The summed E-state index contributed by atoms with van der Waals surface area (Å²) in [6.45, 7) is 2.11. The zero-order valence-electron chi connectivity index (χ0n) is 9.05. The van der Waals surface area contributed by atoms with Crippen LogP contribution in [0.1, 0.15) is 11.1 Å². The fourth-order valence-electron chi connectivity index (χ4n) is 1.46. The summed E-state index contributed by atoms with van der Waals surface area (Å²) in [6.07, 6.45) is 3.55. The third-order valence-corrected chi connectivity index (χ3v) is 3.39. The van der Waals surface area contributed by atoms with Crippen molar-refractivity contribution in [3.63, 3.8) is 0 Å². The van der Waals surface area contributed by atoms with Gasteiger partial charge in [-0.05, 0) is 30.7 Å². The van der Waals surface area contributed by atoms with E-state index >= 15 is 0 Å². The van der Waals surface area contributed by atoms with Crippen LogP contribution in [0.3, 0.4) is 0 Å². The van der Waals surface area contributed by atoms with Gasteiger partial charge in [0.25, 0.3) is 0 Å². The molecule has 0 aliphatic rings. The Labute approximate surface area is 99.4 Å². The van der Waals surface area contributed by atoms with E-state index in [-0.39, 0.29) is 6.61 Å². The van der Waals surface area contributed by atoms with Crippen molar-refractivity contribution in [3.8, 4) is 0 Å². The third-order valence-electron chi connectivity index (χ3n) is 2.26. The molecule has 0 aliphatic carbocycles. The third kappa shape index (κ3) is 2.62. The molecule has 2 aromatic rings. The summed E-state index contributed by atoms with van der Waals surface area (Å²) in [5.74, 6) is 0. The molecule has 0 aliphatic heterocycles. The van der Waals surface area contributed by atoms with E-state index in [0.29, 0.717) is 0 Å².